The average Bonchev–Trinajstić information content (AvgIpc) is 2.06. The molecule has 0 atom stereocenters. The van der Waals surface area contributed by atoms with E-state index in [9.17, 15) is 4.79 Å². The van der Waals surface area contributed by atoms with Crippen LogP contribution in [0.5, 0.6) is 0 Å². The fourth-order valence-electron chi connectivity index (χ4n) is 0.461. The third kappa shape index (κ3) is 6.81. The number of nitrogens with two attached hydrogens (primary N) is 1. The first-order valence-corrected chi connectivity index (χ1v) is 3.62. The van der Waals surface area contributed by atoms with Gasteiger partial charge in [-0.3, -0.25) is 4.99 Å². The Morgan fingerprint density at radius 1 is 1.75 bits per heavy atom. The van der Waals surface area contributed by atoms with Crippen molar-refractivity contribution in [1.82, 2.24) is 10.8 Å². The Morgan fingerprint density at radius 3 is 3.08 bits per heavy atom. The summed E-state index contributed by atoms with van der Waals surface area (Å²) < 4.78 is 0. The molecule has 1 amide bonds. The molecule has 70 valence electrons. The second-order valence-electron chi connectivity index (χ2n) is 1.96. The van der Waals surface area contributed by atoms with Gasteiger partial charge >= 0.3 is 6.09 Å². The molecule has 4 N–H and O–H groups in total. The molecule has 0 radical (unpaired) electrons. The van der Waals surface area contributed by atoms with Gasteiger partial charge in [0.2, 0.25) is 0 Å². The molecular weight excluding hydrogens is 160 g/mol. The van der Waals surface area contributed by atoms with E-state index in [0.717, 1.165) is 6.42 Å². The molecule has 0 aromatic rings. The molecule has 0 aliphatic carbocycles. The normalized spacial score (nSPS) is 9.83. The van der Waals surface area contributed by atoms with E-state index in [1.807, 2.05) is 0 Å². The lowest BCUT2D eigenvalue weighted by Gasteiger charge is -2.03. The predicted octanol–water partition coefficient (Wildman–Crippen LogP) is -0.776. The van der Waals surface area contributed by atoms with E-state index in [2.05, 4.69) is 20.6 Å². The van der Waals surface area contributed by atoms with Gasteiger partial charge in [0.1, 0.15) is 6.34 Å². The zero-order valence-corrected chi connectivity index (χ0v) is 7.04. The largest absolute Gasteiger partial charge is 0.431 e. The number of aliphatic imine (C=N–C) groups is 1. The molecule has 0 heterocycles. The smallest absolute Gasteiger partial charge is 0.330 e. The summed E-state index contributed by atoms with van der Waals surface area (Å²) in [4.78, 5) is 18.7. The summed E-state index contributed by atoms with van der Waals surface area (Å²) in [7, 11) is 1.56. The van der Waals surface area contributed by atoms with Crippen LogP contribution >= 0.6 is 0 Å². The van der Waals surface area contributed by atoms with Crippen molar-refractivity contribution in [3.8, 4) is 0 Å². The van der Waals surface area contributed by atoms with Crippen molar-refractivity contribution in [3.05, 3.63) is 0 Å². The number of hydrogen-bond donors (Lipinski definition) is 3. The Bertz CT molecular complexity index is 148. The lowest BCUT2D eigenvalue weighted by Crippen LogP contribution is -2.31. The Morgan fingerprint density at radius 2 is 2.50 bits per heavy atom. The Kier molecular flexibility index (Phi) is 6.96. The zero-order chi connectivity index (χ0) is 9.23. The number of carbonyl (C=O) groups excluding carboxylic acids is 1. The third-order valence-corrected chi connectivity index (χ3v) is 0.984. The van der Waals surface area contributed by atoms with Gasteiger partial charge in [0.15, 0.2) is 0 Å². The van der Waals surface area contributed by atoms with Gasteiger partial charge in [-0.2, -0.15) is 0 Å². The van der Waals surface area contributed by atoms with Crippen molar-refractivity contribution in [1.29, 1.82) is 0 Å². The molecule has 6 heteroatoms. The predicted molar refractivity (Wildman–Crippen MR) is 45.7 cm³/mol. The minimum absolute atomic E-state index is 0.514. The van der Waals surface area contributed by atoms with Gasteiger partial charge in [-0.15, -0.1) is 0 Å². The van der Waals surface area contributed by atoms with Gasteiger partial charge in [0, 0.05) is 13.6 Å². The Labute approximate surface area is 71.1 Å². The molecule has 12 heavy (non-hydrogen) atoms. The van der Waals surface area contributed by atoms with E-state index < -0.39 is 6.09 Å². The number of hydroxylamine groups is 1. The summed E-state index contributed by atoms with van der Waals surface area (Å²) in [5, 5.41) is 2.48. The van der Waals surface area contributed by atoms with E-state index in [1.54, 1.807) is 7.05 Å². The van der Waals surface area contributed by atoms with Crippen LogP contribution in [0.15, 0.2) is 4.99 Å². The topological polar surface area (TPSA) is 88.7 Å². The maximum absolute atomic E-state index is 10.7. The Hall–Kier alpha value is -1.30. The van der Waals surface area contributed by atoms with Crippen molar-refractivity contribution in [2.24, 2.45) is 10.7 Å². The molecule has 0 unspecified atom stereocenters. The van der Waals surface area contributed by atoms with Gasteiger partial charge in [-0.1, -0.05) is 0 Å². The molecule has 0 saturated heterocycles. The Balaban J connectivity index is 3.21. The van der Waals surface area contributed by atoms with Gasteiger partial charge in [-0.05, 0) is 13.0 Å². The van der Waals surface area contributed by atoms with Crippen LogP contribution in [-0.2, 0) is 4.84 Å². The summed E-state index contributed by atoms with van der Waals surface area (Å²) in [6, 6.07) is 0. The van der Waals surface area contributed by atoms with Crippen LogP contribution in [0.1, 0.15) is 6.42 Å². The minimum atomic E-state index is -0.539. The number of amides is 1. The minimum Gasteiger partial charge on any atom is -0.330 e. The summed E-state index contributed by atoms with van der Waals surface area (Å²) in [6.07, 6.45) is 1.46. The number of nitrogens with one attached hydrogen (secondary N) is 2. The van der Waals surface area contributed by atoms with Crippen LogP contribution in [0.4, 0.5) is 4.79 Å². The van der Waals surface area contributed by atoms with Crippen LogP contribution in [0.25, 0.3) is 0 Å². The highest BCUT2D eigenvalue weighted by Crippen LogP contribution is 1.73. The van der Waals surface area contributed by atoms with E-state index in [-0.39, 0.29) is 0 Å². The van der Waals surface area contributed by atoms with Crippen LogP contribution in [0, 0.1) is 0 Å². The van der Waals surface area contributed by atoms with E-state index >= 15 is 0 Å². The van der Waals surface area contributed by atoms with Gasteiger partial charge in [0.05, 0.1) is 0 Å². The monoisotopic (exact) mass is 174 g/mol. The standard InChI is InChI=1S/C6H14N4O2/c1-8-5-10-12-6(11)9-4-2-3-7/h5H,2-4,7H2,1H3,(H,8,10)(H,9,11). The molecule has 0 aliphatic heterocycles. The molecule has 0 spiro atoms. The van der Waals surface area contributed by atoms with Crippen molar-refractivity contribution < 1.29 is 9.63 Å². The highest BCUT2D eigenvalue weighted by atomic mass is 16.7. The summed E-state index contributed by atoms with van der Waals surface area (Å²) in [6.45, 7) is 1.06. The molecule has 0 aromatic heterocycles. The fourth-order valence-corrected chi connectivity index (χ4v) is 0.461. The quantitative estimate of drug-likeness (QED) is 0.221. The first kappa shape index (κ1) is 10.7. The van der Waals surface area contributed by atoms with Gasteiger partial charge in [-0.25, -0.2) is 10.3 Å². The van der Waals surface area contributed by atoms with Crippen molar-refractivity contribution >= 4 is 12.4 Å². The third-order valence-electron chi connectivity index (χ3n) is 0.984. The van der Waals surface area contributed by atoms with E-state index in [0.29, 0.717) is 13.1 Å². The van der Waals surface area contributed by atoms with E-state index in [1.165, 1.54) is 6.34 Å². The number of rotatable bonds is 5. The maximum Gasteiger partial charge on any atom is 0.431 e. The molecule has 0 fully saturated rings. The van der Waals surface area contributed by atoms with Gasteiger partial charge < -0.3 is 15.9 Å². The van der Waals surface area contributed by atoms with E-state index in [4.69, 9.17) is 5.73 Å². The maximum atomic E-state index is 10.7. The first-order valence-electron chi connectivity index (χ1n) is 3.62. The van der Waals surface area contributed by atoms with Crippen LogP contribution in [0.3, 0.4) is 0 Å². The lowest BCUT2D eigenvalue weighted by molar-refractivity contribution is 0.122. The molecule has 0 aromatic carbocycles. The number of carbonyl (C=O) groups is 1. The fraction of sp³-hybridized carbons (Fsp3) is 0.667. The molecule has 6 nitrogen and oxygen atoms in total. The summed E-state index contributed by atoms with van der Waals surface area (Å²) >= 11 is 0. The molecule has 0 aliphatic rings. The lowest BCUT2D eigenvalue weighted by atomic mass is 10.4. The van der Waals surface area contributed by atoms with Crippen molar-refractivity contribution in [3.63, 3.8) is 0 Å². The molecule has 0 saturated carbocycles. The summed E-state index contributed by atoms with van der Waals surface area (Å²) in [5.41, 5.74) is 7.43. The highest BCUT2D eigenvalue weighted by Gasteiger charge is 1.97. The number of nitrogens with zero attached hydrogens (tertiary/aromatic N) is 1. The van der Waals surface area contributed by atoms with Crippen LogP contribution in [0.2, 0.25) is 0 Å². The second-order valence-corrected chi connectivity index (χ2v) is 1.96. The average molecular weight is 174 g/mol. The summed E-state index contributed by atoms with van der Waals surface area (Å²) in [5.74, 6) is 0. The highest BCUT2D eigenvalue weighted by molar-refractivity contribution is 5.68. The second kappa shape index (κ2) is 7.80. The number of hydrogen-bond acceptors (Lipinski definition) is 4. The molecular formula is C6H14N4O2. The van der Waals surface area contributed by atoms with Crippen molar-refractivity contribution in [2.75, 3.05) is 20.1 Å². The SMILES string of the molecule is CN=CNOC(=O)NCCCN. The van der Waals surface area contributed by atoms with Crippen LogP contribution in [-0.4, -0.2) is 32.6 Å². The first-order chi connectivity index (χ1) is 5.81. The molecule has 0 rings (SSSR count). The van der Waals surface area contributed by atoms with Crippen LogP contribution < -0.4 is 16.5 Å². The van der Waals surface area contributed by atoms with Gasteiger partial charge in [0.25, 0.3) is 0 Å². The molecule has 0 bridgehead atoms. The zero-order valence-electron chi connectivity index (χ0n) is 7.04. The van der Waals surface area contributed by atoms with Crippen molar-refractivity contribution in [2.45, 2.75) is 6.42 Å².